The second-order valence-electron chi connectivity index (χ2n) is 9.44. The summed E-state index contributed by atoms with van der Waals surface area (Å²) in [7, 11) is 0. The Kier molecular flexibility index (Phi) is 15.2. The highest BCUT2D eigenvalue weighted by Gasteiger charge is 2.38. The summed E-state index contributed by atoms with van der Waals surface area (Å²) in [5.74, 6) is -2.99. The minimum atomic E-state index is -1.11. The summed E-state index contributed by atoms with van der Waals surface area (Å²) in [5.41, 5.74) is 32.9. The van der Waals surface area contributed by atoms with Crippen LogP contribution in [-0.4, -0.2) is 96.0 Å². The Morgan fingerprint density at radius 3 is 1.95 bits per heavy atom. The number of hydrogen-bond donors (Lipinski definition) is 9. The summed E-state index contributed by atoms with van der Waals surface area (Å²) in [6, 6.07) is -3.91. The molecule has 4 atom stereocenters. The number of aliphatic carboxylic acids is 1. The molecule has 1 aliphatic rings. The van der Waals surface area contributed by atoms with E-state index in [9.17, 15) is 24.3 Å². The zero-order chi connectivity index (χ0) is 29.4. The van der Waals surface area contributed by atoms with E-state index < -0.39 is 47.9 Å². The predicted molar refractivity (Wildman–Crippen MR) is 147 cm³/mol. The third kappa shape index (κ3) is 12.6. The van der Waals surface area contributed by atoms with Gasteiger partial charge < -0.3 is 55.0 Å². The molecule has 1 heterocycles. The Labute approximate surface area is 228 Å². The Hall–Kier alpha value is -3.66. The van der Waals surface area contributed by atoms with Crippen molar-refractivity contribution in [3.63, 3.8) is 0 Å². The van der Waals surface area contributed by atoms with Crippen LogP contribution in [0.4, 0.5) is 0 Å². The van der Waals surface area contributed by atoms with Crippen LogP contribution in [0.2, 0.25) is 0 Å². The maximum absolute atomic E-state index is 13.4. The van der Waals surface area contributed by atoms with Gasteiger partial charge in [-0.05, 0) is 57.9 Å². The monoisotopic (exact) mass is 555 g/mol. The van der Waals surface area contributed by atoms with E-state index in [1.54, 1.807) is 0 Å². The average molecular weight is 556 g/mol. The molecule has 0 aromatic rings. The number of guanidine groups is 2. The van der Waals surface area contributed by atoms with Gasteiger partial charge in [0.15, 0.2) is 11.9 Å². The molecular formula is C23H45N11O5. The van der Waals surface area contributed by atoms with Gasteiger partial charge in [-0.2, -0.15) is 0 Å². The highest BCUT2D eigenvalue weighted by Crippen LogP contribution is 2.20. The molecule has 0 aromatic carbocycles. The van der Waals surface area contributed by atoms with Crippen LogP contribution in [-0.2, 0) is 19.2 Å². The molecular weight excluding hydrogens is 510 g/mol. The number of carbonyl (C=O) groups excluding carboxylic acids is 3. The van der Waals surface area contributed by atoms with Gasteiger partial charge in [0, 0.05) is 19.6 Å². The smallest absolute Gasteiger partial charge is 0.326 e. The van der Waals surface area contributed by atoms with Gasteiger partial charge in [-0.15, -0.1) is 0 Å². The third-order valence-corrected chi connectivity index (χ3v) is 6.27. The van der Waals surface area contributed by atoms with Crippen LogP contribution < -0.4 is 45.0 Å². The molecule has 16 heteroatoms. The number of nitrogens with two attached hydrogens (primary N) is 6. The predicted octanol–water partition coefficient (Wildman–Crippen LogP) is -3.40. The average Bonchev–Trinajstić information content (AvgIpc) is 3.37. The molecule has 39 heavy (non-hydrogen) atoms. The van der Waals surface area contributed by atoms with Gasteiger partial charge in [-0.1, -0.05) is 6.42 Å². The van der Waals surface area contributed by atoms with E-state index in [4.69, 9.17) is 34.4 Å². The van der Waals surface area contributed by atoms with E-state index in [2.05, 4.69) is 20.6 Å². The van der Waals surface area contributed by atoms with Crippen molar-refractivity contribution in [1.82, 2.24) is 15.5 Å². The number of amides is 3. The molecule has 222 valence electrons. The second kappa shape index (κ2) is 17.8. The molecule has 0 aromatic heterocycles. The third-order valence-electron chi connectivity index (χ3n) is 6.27. The molecule has 1 saturated heterocycles. The number of carbonyl (C=O) groups is 4. The van der Waals surface area contributed by atoms with Gasteiger partial charge in [0.25, 0.3) is 0 Å². The highest BCUT2D eigenvalue weighted by atomic mass is 16.4. The lowest BCUT2D eigenvalue weighted by Crippen LogP contribution is -2.57. The first-order valence-electron chi connectivity index (χ1n) is 13.2. The van der Waals surface area contributed by atoms with Crippen molar-refractivity contribution in [2.75, 3.05) is 26.2 Å². The van der Waals surface area contributed by atoms with Gasteiger partial charge in [0.05, 0.1) is 6.04 Å². The number of unbranched alkanes of at least 4 members (excludes halogenated alkanes) is 1. The number of nitrogens with zero attached hydrogens (tertiary/aromatic N) is 3. The minimum Gasteiger partial charge on any atom is -0.480 e. The Morgan fingerprint density at radius 1 is 0.846 bits per heavy atom. The molecule has 15 N–H and O–H groups in total. The SMILES string of the molecule is NCCCC[C@H](N)C(=O)N[C@@H](CCCN=C(N)N)C(=O)N[C@@H](CCCN=C(N)N)C(=O)N1CCC[C@H]1C(=O)O. The van der Waals surface area contributed by atoms with Crippen molar-refractivity contribution in [2.45, 2.75) is 82.0 Å². The Bertz CT molecular complexity index is 875. The first-order valence-corrected chi connectivity index (χ1v) is 13.2. The summed E-state index contributed by atoms with van der Waals surface area (Å²) in [4.78, 5) is 60.1. The molecule has 1 fully saturated rings. The van der Waals surface area contributed by atoms with Crippen molar-refractivity contribution in [2.24, 2.45) is 44.4 Å². The largest absolute Gasteiger partial charge is 0.480 e. The molecule has 0 unspecified atom stereocenters. The van der Waals surface area contributed by atoms with Crippen LogP contribution in [0, 0.1) is 0 Å². The maximum atomic E-state index is 13.4. The molecule has 0 saturated carbocycles. The van der Waals surface area contributed by atoms with E-state index in [1.807, 2.05) is 0 Å². The van der Waals surface area contributed by atoms with E-state index in [0.29, 0.717) is 51.5 Å². The molecule has 1 rings (SSSR count). The number of hydrogen-bond acceptors (Lipinski definition) is 8. The van der Waals surface area contributed by atoms with Gasteiger partial charge in [-0.3, -0.25) is 24.4 Å². The topological polar surface area (TPSA) is 297 Å². The van der Waals surface area contributed by atoms with Crippen molar-refractivity contribution < 1.29 is 24.3 Å². The minimum absolute atomic E-state index is 0.105. The second-order valence-corrected chi connectivity index (χ2v) is 9.44. The van der Waals surface area contributed by atoms with Crippen LogP contribution in [0.25, 0.3) is 0 Å². The van der Waals surface area contributed by atoms with Gasteiger partial charge >= 0.3 is 5.97 Å². The summed E-state index contributed by atoms with van der Waals surface area (Å²) < 4.78 is 0. The molecule has 3 amide bonds. The lowest BCUT2D eigenvalue weighted by Gasteiger charge is -2.29. The fraction of sp³-hybridized carbons (Fsp3) is 0.739. The number of carboxylic acid groups (broad SMARTS) is 1. The van der Waals surface area contributed by atoms with Crippen LogP contribution in [0.15, 0.2) is 9.98 Å². The van der Waals surface area contributed by atoms with Crippen LogP contribution in [0.3, 0.4) is 0 Å². The lowest BCUT2D eigenvalue weighted by molar-refractivity contribution is -0.149. The number of aliphatic imine (C=N–C) groups is 2. The summed E-state index contributed by atoms with van der Waals surface area (Å²) in [6.45, 7) is 1.16. The Balaban J connectivity index is 3.05. The molecule has 0 aliphatic carbocycles. The van der Waals surface area contributed by atoms with Gasteiger partial charge in [-0.25, -0.2) is 4.79 Å². The zero-order valence-electron chi connectivity index (χ0n) is 22.4. The molecule has 0 spiro atoms. The summed E-state index contributed by atoms with van der Waals surface area (Å²) in [6.07, 6.45) is 3.62. The first kappa shape index (κ1) is 33.4. The molecule has 16 nitrogen and oxygen atoms in total. The van der Waals surface area contributed by atoms with Gasteiger partial charge in [0.2, 0.25) is 17.7 Å². The fourth-order valence-corrected chi connectivity index (χ4v) is 4.21. The zero-order valence-corrected chi connectivity index (χ0v) is 22.4. The van der Waals surface area contributed by atoms with Crippen molar-refractivity contribution >= 4 is 35.6 Å². The summed E-state index contributed by atoms with van der Waals surface area (Å²) >= 11 is 0. The number of rotatable bonds is 18. The maximum Gasteiger partial charge on any atom is 0.326 e. The molecule has 0 bridgehead atoms. The van der Waals surface area contributed by atoms with Crippen LogP contribution in [0.5, 0.6) is 0 Å². The highest BCUT2D eigenvalue weighted by molar-refractivity contribution is 5.94. The first-order chi connectivity index (χ1) is 18.5. The van der Waals surface area contributed by atoms with E-state index >= 15 is 0 Å². The quantitative estimate of drug-likeness (QED) is 0.0456. The number of carboxylic acids is 1. The molecule has 0 radical (unpaired) electrons. The van der Waals surface area contributed by atoms with Crippen molar-refractivity contribution in [3.8, 4) is 0 Å². The molecule has 1 aliphatic heterocycles. The van der Waals surface area contributed by atoms with Crippen LogP contribution >= 0.6 is 0 Å². The Morgan fingerprint density at radius 2 is 1.41 bits per heavy atom. The van der Waals surface area contributed by atoms with Crippen LogP contribution in [0.1, 0.15) is 57.8 Å². The standard InChI is InChI=1S/C23H45N11O5/c24-10-2-1-6-14(25)18(35)32-15(7-3-11-30-22(26)27)19(36)33-16(8-4-12-31-23(28)29)20(37)34-13-5-9-17(34)21(38)39/h14-17H,1-13,24-25H2,(H,32,35)(H,33,36)(H,38,39)(H4,26,27,30)(H4,28,29,31)/t14-,15-,16-,17-/m0/s1. The number of nitrogens with one attached hydrogen (secondary N) is 2. The number of likely N-dealkylation sites (tertiary alicyclic amines) is 1. The summed E-state index contributed by atoms with van der Waals surface area (Å²) in [5, 5.41) is 14.9. The van der Waals surface area contributed by atoms with Crippen molar-refractivity contribution in [3.05, 3.63) is 0 Å². The van der Waals surface area contributed by atoms with E-state index in [0.717, 1.165) is 0 Å². The van der Waals surface area contributed by atoms with Crippen molar-refractivity contribution in [1.29, 1.82) is 0 Å². The van der Waals surface area contributed by atoms with Gasteiger partial charge in [0.1, 0.15) is 18.1 Å². The fourth-order valence-electron chi connectivity index (χ4n) is 4.21. The normalized spacial score (nSPS) is 17.0. The van der Waals surface area contributed by atoms with E-state index in [1.165, 1.54) is 4.90 Å². The van der Waals surface area contributed by atoms with E-state index in [-0.39, 0.29) is 44.4 Å². The lowest BCUT2D eigenvalue weighted by atomic mass is 10.0.